The summed E-state index contributed by atoms with van der Waals surface area (Å²) in [5.41, 5.74) is 4.39. The zero-order valence-corrected chi connectivity index (χ0v) is 26.3. The largest absolute Gasteiger partial charge is 0.496 e. The fourth-order valence-electron chi connectivity index (χ4n) is 5.96. The first-order valence-electron chi connectivity index (χ1n) is 15.0. The first kappa shape index (κ1) is 31.6. The van der Waals surface area contributed by atoms with E-state index in [0.29, 0.717) is 49.9 Å². The Labute approximate surface area is 250 Å². The number of hydrogen-bond donors (Lipinski definition) is 1. The number of hydrogen-bond acceptors (Lipinski definition) is 7. The van der Waals surface area contributed by atoms with Gasteiger partial charge in [0.1, 0.15) is 17.3 Å². The summed E-state index contributed by atoms with van der Waals surface area (Å²) in [6.07, 6.45) is 2.84. The monoisotopic (exact) mass is 580 g/mol. The zero-order chi connectivity index (χ0) is 30.2. The maximum absolute atomic E-state index is 14.4. The summed E-state index contributed by atoms with van der Waals surface area (Å²) >= 11 is 0. The van der Waals surface area contributed by atoms with Crippen molar-refractivity contribution in [2.45, 2.75) is 40.3 Å². The van der Waals surface area contributed by atoms with Crippen LogP contribution in [0, 0.1) is 13.8 Å². The Morgan fingerprint density at radius 2 is 1.69 bits per heavy atom. The van der Waals surface area contributed by atoms with Gasteiger partial charge in [0.2, 0.25) is 0 Å². The number of methoxy groups -OCH3 is 2. The second kappa shape index (κ2) is 14.7. The smallest absolute Gasteiger partial charge is 0.260 e. The molecular weight excluding hydrogens is 532 g/mol. The van der Waals surface area contributed by atoms with Crippen molar-refractivity contribution in [2.75, 3.05) is 85.6 Å². The van der Waals surface area contributed by atoms with Gasteiger partial charge in [0.25, 0.3) is 5.56 Å². The highest BCUT2D eigenvalue weighted by Gasteiger charge is 2.27. The van der Waals surface area contributed by atoms with E-state index in [0.717, 1.165) is 79.7 Å². The van der Waals surface area contributed by atoms with E-state index in [1.54, 1.807) is 14.2 Å². The Morgan fingerprint density at radius 3 is 2.31 bits per heavy atom. The van der Waals surface area contributed by atoms with Crippen LogP contribution in [0.15, 0.2) is 34.6 Å². The van der Waals surface area contributed by atoms with Crippen molar-refractivity contribution in [2.24, 2.45) is 4.99 Å². The lowest BCUT2D eigenvalue weighted by Crippen LogP contribution is -2.46. The van der Waals surface area contributed by atoms with Crippen LogP contribution in [0.25, 0.3) is 11.1 Å². The van der Waals surface area contributed by atoms with Crippen LogP contribution in [-0.4, -0.2) is 106 Å². The molecule has 0 spiro atoms. The van der Waals surface area contributed by atoms with Gasteiger partial charge in [0.15, 0.2) is 5.96 Å². The molecule has 0 aliphatic carbocycles. The number of nitrogens with zero attached hydrogens (tertiary/aromatic N) is 5. The molecule has 42 heavy (non-hydrogen) atoms. The molecule has 10 heteroatoms. The van der Waals surface area contributed by atoms with Crippen LogP contribution in [0.5, 0.6) is 11.5 Å². The molecule has 2 aliphatic heterocycles. The first-order valence-corrected chi connectivity index (χ1v) is 15.0. The van der Waals surface area contributed by atoms with Crippen molar-refractivity contribution in [1.29, 1.82) is 0 Å². The van der Waals surface area contributed by atoms with E-state index in [9.17, 15) is 4.79 Å². The summed E-state index contributed by atoms with van der Waals surface area (Å²) in [6.45, 7) is 18.9. The van der Waals surface area contributed by atoms with Crippen LogP contribution < -0.4 is 20.3 Å². The number of ether oxygens (including phenoxy) is 3. The lowest BCUT2D eigenvalue weighted by molar-refractivity contribution is 0.140. The lowest BCUT2D eigenvalue weighted by Gasteiger charge is -2.34. The number of guanidine groups is 1. The van der Waals surface area contributed by atoms with Gasteiger partial charge in [-0.25, -0.2) is 0 Å². The van der Waals surface area contributed by atoms with Crippen LogP contribution in [-0.2, 0) is 17.8 Å². The van der Waals surface area contributed by atoms with Crippen LogP contribution in [0.4, 0.5) is 5.82 Å². The average Bonchev–Trinajstić information content (AvgIpc) is 2.98. The molecule has 0 bridgehead atoms. The highest BCUT2D eigenvalue weighted by Crippen LogP contribution is 2.39. The van der Waals surface area contributed by atoms with Gasteiger partial charge < -0.3 is 29.3 Å². The van der Waals surface area contributed by atoms with Crippen LogP contribution >= 0.6 is 0 Å². The van der Waals surface area contributed by atoms with Crippen LogP contribution in [0.1, 0.15) is 30.0 Å². The third kappa shape index (κ3) is 6.99. The van der Waals surface area contributed by atoms with Gasteiger partial charge in [0, 0.05) is 82.2 Å². The molecule has 0 unspecified atom stereocenters. The molecule has 2 aromatic rings. The Balaban J connectivity index is 1.70. The van der Waals surface area contributed by atoms with Crippen molar-refractivity contribution in [1.82, 2.24) is 19.3 Å². The topological polar surface area (TPSA) is 83.8 Å². The van der Waals surface area contributed by atoms with E-state index < -0.39 is 0 Å². The van der Waals surface area contributed by atoms with Gasteiger partial charge >= 0.3 is 0 Å². The number of anilines is 1. The highest BCUT2D eigenvalue weighted by molar-refractivity contribution is 5.95. The summed E-state index contributed by atoms with van der Waals surface area (Å²) in [6, 6.07) is 3.92. The molecule has 1 aromatic carbocycles. The van der Waals surface area contributed by atoms with Gasteiger partial charge in [-0.15, -0.1) is 6.58 Å². The third-order valence-corrected chi connectivity index (χ3v) is 8.24. The number of rotatable bonds is 13. The normalized spacial score (nSPS) is 16.8. The number of pyridine rings is 1. The molecule has 10 nitrogen and oxygen atoms in total. The van der Waals surface area contributed by atoms with Crippen molar-refractivity contribution in [3.05, 3.63) is 51.8 Å². The second-order valence-electron chi connectivity index (χ2n) is 11.0. The first-order chi connectivity index (χ1) is 20.3. The highest BCUT2D eigenvalue weighted by atomic mass is 16.5. The molecule has 1 saturated heterocycles. The Hall–Kier alpha value is -3.34. The molecule has 1 N–H and O–H groups in total. The van der Waals surface area contributed by atoms with Gasteiger partial charge in [0.05, 0.1) is 27.4 Å². The second-order valence-corrected chi connectivity index (χ2v) is 11.0. The molecule has 1 aromatic heterocycles. The van der Waals surface area contributed by atoms with E-state index in [1.807, 2.05) is 50.6 Å². The minimum Gasteiger partial charge on any atom is -0.496 e. The fourth-order valence-corrected chi connectivity index (χ4v) is 5.96. The maximum Gasteiger partial charge on any atom is 0.260 e. The Bertz CT molecular complexity index is 1300. The zero-order valence-electron chi connectivity index (χ0n) is 26.3. The predicted octanol–water partition coefficient (Wildman–Crippen LogP) is 3.59. The summed E-state index contributed by atoms with van der Waals surface area (Å²) < 4.78 is 18.8. The Kier molecular flexibility index (Phi) is 11.1. The maximum atomic E-state index is 14.4. The molecule has 0 saturated carbocycles. The SMILES string of the molecule is C=CCN1CCN(CCCn2c3c(cc(-c4c(C)c(OC)cc(OC)c4C)c2=O)CN(C)C(=NCCOCC)N3)CC1. The summed E-state index contributed by atoms with van der Waals surface area (Å²) in [4.78, 5) is 26.1. The lowest BCUT2D eigenvalue weighted by atomic mass is 9.93. The minimum absolute atomic E-state index is 0.0308. The van der Waals surface area contributed by atoms with Gasteiger partial charge in [-0.05, 0) is 50.9 Å². The van der Waals surface area contributed by atoms with Crippen molar-refractivity contribution < 1.29 is 14.2 Å². The summed E-state index contributed by atoms with van der Waals surface area (Å²) in [7, 11) is 5.31. The average molecular weight is 581 g/mol. The van der Waals surface area contributed by atoms with Crippen molar-refractivity contribution >= 4 is 11.8 Å². The number of nitrogens with one attached hydrogen (secondary N) is 1. The van der Waals surface area contributed by atoms with E-state index >= 15 is 0 Å². The summed E-state index contributed by atoms with van der Waals surface area (Å²) in [5.74, 6) is 2.96. The van der Waals surface area contributed by atoms with E-state index in [1.165, 1.54) is 0 Å². The molecule has 4 rings (SSSR count). The third-order valence-electron chi connectivity index (χ3n) is 8.24. The minimum atomic E-state index is -0.0308. The number of piperazine rings is 1. The van der Waals surface area contributed by atoms with Crippen LogP contribution in [0.2, 0.25) is 0 Å². The quantitative estimate of drug-likeness (QED) is 0.284. The molecule has 0 amide bonds. The van der Waals surface area contributed by atoms with Crippen LogP contribution in [0.3, 0.4) is 0 Å². The van der Waals surface area contributed by atoms with Gasteiger partial charge in [-0.3, -0.25) is 19.3 Å². The predicted molar refractivity (Wildman–Crippen MR) is 170 cm³/mol. The van der Waals surface area contributed by atoms with E-state index in [-0.39, 0.29) is 5.56 Å². The molecule has 2 aliphatic rings. The van der Waals surface area contributed by atoms with E-state index in [2.05, 4.69) is 26.6 Å². The van der Waals surface area contributed by atoms with E-state index in [4.69, 9.17) is 19.2 Å². The van der Waals surface area contributed by atoms with Crippen molar-refractivity contribution in [3.8, 4) is 22.6 Å². The number of aliphatic imine (C=N–C) groups is 1. The molecule has 0 atom stereocenters. The molecular formula is C32H48N6O4. The van der Waals surface area contributed by atoms with Gasteiger partial charge in [-0.1, -0.05) is 6.08 Å². The molecule has 230 valence electrons. The summed E-state index contributed by atoms with van der Waals surface area (Å²) in [5, 5.41) is 3.50. The Morgan fingerprint density at radius 1 is 1.02 bits per heavy atom. The number of benzene rings is 1. The van der Waals surface area contributed by atoms with Gasteiger partial charge in [-0.2, -0.15) is 0 Å². The molecule has 3 heterocycles. The number of fused-ring (bicyclic) bond motifs is 1. The molecule has 0 radical (unpaired) electrons. The standard InChI is InChI=1S/C32H48N6O4/c1-8-12-36-15-17-37(18-16-36)13-10-14-38-30-25(22-35(5)32(34-30)33-11-19-42-9-2)20-26(31(38)39)29-23(3)27(40-6)21-28(41-7)24(29)4/h8,20-21H,1,9-19,22H2,2-7H3,(H,33,34). The number of aromatic nitrogens is 1. The molecule has 1 fully saturated rings. The fraction of sp³-hybridized carbons (Fsp3) is 0.562. The van der Waals surface area contributed by atoms with Crippen molar-refractivity contribution in [3.63, 3.8) is 0 Å².